The fraction of sp³-hybridized carbons (Fsp3) is 0.333. The van der Waals surface area contributed by atoms with Crippen molar-refractivity contribution in [1.29, 1.82) is 0 Å². The summed E-state index contributed by atoms with van der Waals surface area (Å²) in [7, 11) is 0. The van der Waals surface area contributed by atoms with Crippen LogP contribution in [0.4, 0.5) is 5.69 Å². The van der Waals surface area contributed by atoms with Gasteiger partial charge in [-0.3, -0.25) is 19.8 Å². The number of benzene rings is 2. The van der Waals surface area contributed by atoms with Crippen molar-refractivity contribution in [3.05, 3.63) is 75.3 Å². The first-order chi connectivity index (χ1) is 13.5. The predicted octanol–water partition coefficient (Wildman–Crippen LogP) is 3.27. The van der Waals surface area contributed by atoms with Crippen molar-refractivity contribution >= 4 is 17.8 Å². The third kappa shape index (κ3) is 5.47. The van der Waals surface area contributed by atoms with E-state index < -0.39 is 4.92 Å². The molecule has 2 aromatic rings. The number of nitro groups is 1. The number of carbonyl (C=O) groups excluding carboxylic acids is 1. The first-order valence-corrected chi connectivity index (χ1v) is 9.36. The third-order valence-electron chi connectivity index (χ3n) is 4.98. The fourth-order valence-electron chi connectivity index (χ4n) is 3.25. The van der Waals surface area contributed by atoms with E-state index in [-0.39, 0.29) is 17.5 Å². The molecule has 0 radical (unpaired) electrons. The molecule has 1 N–H and O–H groups in total. The average Bonchev–Trinajstić information content (AvgIpc) is 2.70. The van der Waals surface area contributed by atoms with Gasteiger partial charge in [-0.2, -0.15) is 5.10 Å². The highest BCUT2D eigenvalue weighted by Crippen LogP contribution is 2.20. The number of likely N-dealkylation sites (tertiary alicyclic amines) is 1. The van der Waals surface area contributed by atoms with Gasteiger partial charge in [-0.05, 0) is 44.0 Å². The van der Waals surface area contributed by atoms with Crippen LogP contribution in [-0.4, -0.2) is 35.0 Å². The van der Waals surface area contributed by atoms with Crippen LogP contribution in [0, 0.1) is 23.0 Å². The monoisotopic (exact) mass is 380 g/mol. The van der Waals surface area contributed by atoms with Crippen molar-refractivity contribution in [2.24, 2.45) is 11.0 Å². The number of nitrogens with zero attached hydrogens (tertiary/aromatic N) is 3. The first kappa shape index (κ1) is 19.7. The molecule has 7 heteroatoms. The van der Waals surface area contributed by atoms with Gasteiger partial charge in [0.2, 0.25) is 5.91 Å². The smallest absolute Gasteiger partial charge is 0.269 e. The number of piperidine rings is 1. The molecular weight excluding hydrogens is 356 g/mol. The van der Waals surface area contributed by atoms with Crippen molar-refractivity contribution in [2.45, 2.75) is 26.3 Å². The molecular formula is C21H24N4O3. The summed E-state index contributed by atoms with van der Waals surface area (Å²) in [5, 5.41) is 14.8. The minimum absolute atomic E-state index is 0.0386. The largest absolute Gasteiger partial charge is 0.299 e. The van der Waals surface area contributed by atoms with Crippen molar-refractivity contribution in [3.8, 4) is 0 Å². The maximum Gasteiger partial charge on any atom is 0.269 e. The minimum atomic E-state index is -0.394. The highest BCUT2D eigenvalue weighted by atomic mass is 16.6. The lowest BCUT2D eigenvalue weighted by Crippen LogP contribution is -2.39. The molecule has 1 fully saturated rings. The molecule has 2 aromatic carbocycles. The van der Waals surface area contributed by atoms with Crippen LogP contribution in [0.5, 0.6) is 0 Å². The third-order valence-corrected chi connectivity index (χ3v) is 4.98. The van der Waals surface area contributed by atoms with Gasteiger partial charge in [0.1, 0.15) is 0 Å². The molecule has 3 rings (SSSR count). The van der Waals surface area contributed by atoms with Gasteiger partial charge in [0.15, 0.2) is 0 Å². The Hall–Kier alpha value is -3.06. The molecule has 1 aliphatic rings. The molecule has 146 valence electrons. The standard InChI is InChI=1S/C21H24N4O3/c1-16-2-4-17(5-3-16)14-22-23-21(26)19-10-12-24(13-11-19)15-18-6-8-20(9-7-18)25(27)28/h2-9,14,19H,10-13,15H2,1H3,(H,23,26). The van der Waals surface area contributed by atoms with Crippen LogP contribution in [0.15, 0.2) is 53.6 Å². The Morgan fingerprint density at radius 2 is 1.82 bits per heavy atom. The summed E-state index contributed by atoms with van der Waals surface area (Å²) in [5.74, 6) is -0.0818. The lowest BCUT2D eigenvalue weighted by molar-refractivity contribution is -0.384. The molecule has 1 amide bonds. The van der Waals surface area contributed by atoms with E-state index in [4.69, 9.17) is 0 Å². The van der Waals surface area contributed by atoms with E-state index in [0.717, 1.165) is 43.6 Å². The second-order valence-electron chi connectivity index (χ2n) is 7.12. The summed E-state index contributed by atoms with van der Waals surface area (Å²) in [4.78, 5) is 24.9. The highest BCUT2D eigenvalue weighted by molar-refractivity contribution is 5.83. The topological polar surface area (TPSA) is 87.8 Å². The Balaban J connectivity index is 1.43. The summed E-state index contributed by atoms with van der Waals surface area (Å²) in [6, 6.07) is 14.6. The maximum absolute atomic E-state index is 12.3. The Kier molecular flexibility index (Phi) is 6.49. The summed E-state index contributed by atoms with van der Waals surface area (Å²) in [6.07, 6.45) is 3.21. The van der Waals surface area contributed by atoms with E-state index >= 15 is 0 Å². The average molecular weight is 380 g/mol. The number of non-ortho nitro benzene ring substituents is 1. The van der Waals surface area contributed by atoms with E-state index in [9.17, 15) is 14.9 Å². The molecule has 0 atom stereocenters. The van der Waals surface area contributed by atoms with Crippen LogP contribution >= 0.6 is 0 Å². The Morgan fingerprint density at radius 1 is 1.18 bits per heavy atom. The summed E-state index contributed by atoms with van der Waals surface area (Å²) >= 11 is 0. The number of hydrogen-bond acceptors (Lipinski definition) is 5. The van der Waals surface area contributed by atoms with Crippen LogP contribution in [0.1, 0.15) is 29.5 Å². The second-order valence-corrected chi connectivity index (χ2v) is 7.12. The molecule has 7 nitrogen and oxygen atoms in total. The van der Waals surface area contributed by atoms with E-state index in [0.29, 0.717) is 0 Å². The van der Waals surface area contributed by atoms with Crippen molar-refractivity contribution in [3.63, 3.8) is 0 Å². The molecule has 0 aromatic heterocycles. The first-order valence-electron chi connectivity index (χ1n) is 9.36. The van der Waals surface area contributed by atoms with Gasteiger partial charge in [0.05, 0.1) is 11.1 Å². The van der Waals surface area contributed by atoms with Gasteiger partial charge in [0.25, 0.3) is 5.69 Å². The van der Waals surface area contributed by atoms with Gasteiger partial charge in [0, 0.05) is 24.6 Å². The van der Waals surface area contributed by atoms with Crippen molar-refractivity contribution < 1.29 is 9.72 Å². The number of nitro benzene ring substituents is 1. The zero-order chi connectivity index (χ0) is 19.9. The number of amides is 1. The Morgan fingerprint density at radius 3 is 2.43 bits per heavy atom. The number of hydrazone groups is 1. The molecule has 0 saturated carbocycles. The van der Waals surface area contributed by atoms with Crippen molar-refractivity contribution in [2.75, 3.05) is 13.1 Å². The molecule has 1 aliphatic heterocycles. The number of rotatable bonds is 6. The quantitative estimate of drug-likeness (QED) is 0.473. The van der Waals surface area contributed by atoms with E-state index in [1.807, 2.05) is 31.2 Å². The SMILES string of the molecule is Cc1ccc(C=NNC(=O)C2CCN(Cc3ccc([N+](=O)[O-])cc3)CC2)cc1. The number of aryl methyl sites for hydroxylation is 1. The lowest BCUT2D eigenvalue weighted by atomic mass is 9.96. The van der Waals surface area contributed by atoms with E-state index in [1.165, 1.54) is 17.7 Å². The van der Waals surface area contributed by atoms with Crippen LogP contribution in [-0.2, 0) is 11.3 Å². The lowest BCUT2D eigenvalue weighted by Gasteiger charge is -2.30. The normalized spacial score (nSPS) is 15.6. The molecule has 28 heavy (non-hydrogen) atoms. The Bertz CT molecular complexity index is 839. The highest BCUT2D eigenvalue weighted by Gasteiger charge is 2.24. The molecule has 0 bridgehead atoms. The molecule has 0 spiro atoms. The zero-order valence-corrected chi connectivity index (χ0v) is 15.9. The van der Waals surface area contributed by atoms with Gasteiger partial charge < -0.3 is 0 Å². The minimum Gasteiger partial charge on any atom is -0.299 e. The van der Waals surface area contributed by atoms with Crippen LogP contribution in [0.2, 0.25) is 0 Å². The van der Waals surface area contributed by atoms with Crippen LogP contribution in [0.3, 0.4) is 0 Å². The molecule has 1 saturated heterocycles. The number of nitrogens with one attached hydrogen (secondary N) is 1. The van der Waals surface area contributed by atoms with Crippen LogP contribution < -0.4 is 5.43 Å². The fourth-order valence-corrected chi connectivity index (χ4v) is 3.25. The van der Waals surface area contributed by atoms with Gasteiger partial charge in [-0.1, -0.05) is 42.0 Å². The van der Waals surface area contributed by atoms with Crippen molar-refractivity contribution in [1.82, 2.24) is 10.3 Å². The summed E-state index contributed by atoms with van der Waals surface area (Å²) in [6.45, 7) is 4.39. The zero-order valence-electron chi connectivity index (χ0n) is 15.9. The predicted molar refractivity (Wildman–Crippen MR) is 108 cm³/mol. The van der Waals surface area contributed by atoms with E-state index in [2.05, 4.69) is 15.4 Å². The van der Waals surface area contributed by atoms with Crippen LogP contribution in [0.25, 0.3) is 0 Å². The summed E-state index contributed by atoms with van der Waals surface area (Å²) in [5.41, 5.74) is 5.92. The van der Waals surface area contributed by atoms with Gasteiger partial charge in [-0.25, -0.2) is 5.43 Å². The van der Waals surface area contributed by atoms with E-state index in [1.54, 1.807) is 18.3 Å². The molecule has 0 aliphatic carbocycles. The van der Waals surface area contributed by atoms with Gasteiger partial charge in [-0.15, -0.1) is 0 Å². The molecule has 1 heterocycles. The number of carbonyl (C=O) groups is 1. The molecule has 0 unspecified atom stereocenters. The number of hydrogen-bond donors (Lipinski definition) is 1. The van der Waals surface area contributed by atoms with Gasteiger partial charge >= 0.3 is 0 Å². The summed E-state index contributed by atoms with van der Waals surface area (Å²) < 4.78 is 0. The Labute approximate surface area is 164 Å². The second kappa shape index (κ2) is 9.23. The maximum atomic E-state index is 12.3.